The van der Waals surface area contributed by atoms with E-state index in [0.717, 1.165) is 5.92 Å². The maximum Gasteiger partial charge on any atom is -0.0300 e. The van der Waals surface area contributed by atoms with Crippen LogP contribution in [-0.2, 0) is 0 Å². The summed E-state index contributed by atoms with van der Waals surface area (Å²) in [4.78, 5) is 0. The van der Waals surface area contributed by atoms with Crippen molar-refractivity contribution >= 4 is 0 Å². The lowest BCUT2D eigenvalue weighted by molar-refractivity contribution is 0.360. The largest absolute Gasteiger partial charge is 0.100 e. The molecule has 0 saturated carbocycles. The van der Waals surface area contributed by atoms with Crippen molar-refractivity contribution in [1.82, 2.24) is 0 Å². The topological polar surface area (TPSA) is 0 Å². The fourth-order valence-electron chi connectivity index (χ4n) is 2.33. The molecule has 0 spiro atoms. The Kier molecular flexibility index (Phi) is 14.3. The summed E-state index contributed by atoms with van der Waals surface area (Å²) >= 11 is 0. The molecule has 0 radical (unpaired) electrons. The van der Waals surface area contributed by atoms with Gasteiger partial charge in [-0.1, -0.05) is 71.4 Å². The fraction of sp³-hybridized carbons (Fsp3) is 0.810. The van der Waals surface area contributed by atoms with Gasteiger partial charge < -0.3 is 0 Å². The summed E-state index contributed by atoms with van der Waals surface area (Å²) in [6.45, 7) is 23.5. The Bertz CT molecular complexity index is 264. The molecule has 0 N–H and O–H groups in total. The Morgan fingerprint density at radius 1 is 0.952 bits per heavy atom. The van der Waals surface area contributed by atoms with Crippen LogP contribution in [-0.4, -0.2) is 0 Å². The summed E-state index contributed by atoms with van der Waals surface area (Å²) in [6.07, 6.45) is 10.5. The van der Waals surface area contributed by atoms with Gasteiger partial charge in [0, 0.05) is 0 Å². The van der Waals surface area contributed by atoms with Crippen LogP contribution in [0.2, 0.25) is 0 Å². The van der Waals surface area contributed by atoms with Gasteiger partial charge in [0.05, 0.1) is 0 Å². The average Bonchev–Trinajstić information content (AvgIpc) is 2.31. The molecule has 21 heavy (non-hydrogen) atoms. The Morgan fingerprint density at radius 2 is 1.52 bits per heavy atom. The highest BCUT2D eigenvalue weighted by atomic mass is 14.1. The van der Waals surface area contributed by atoms with E-state index in [-0.39, 0.29) is 0 Å². The molecule has 0 rings (SSSR count). The van der Waals surface area contributed by atoms with Crippen molar-refractivity contribution in [2.24, 2.45) is 11.3 Å². The van der Waals surface area contributed by atoms with Gasteiger partial charge in [0.15, 0.2) is 0 Å². The van der Waals surface area contributed by atoms with Crippen LogP contribution >= 0.6 is 0 Å². The second-order valence-electron chi connectivity index (χ2n) is 8.13. The van der Waals surface area contributed by atoms with Crippen molar-refractivity contribution in [3.8, 4) is 0 Å². The van der Waals surface area contributed by atoms with E-state index in [9.17, 15) is 0 Å². The normalized spacial score (nSPS) is 12.3. The number of unbranched alkanes of at least 4 members (excludes halogenated alkanes) is 2. The molecule has 0 nitrogen and oxygen atoms in total. The SMILES string of the molecule is C=C(C)CC(C)CCCC.C=C(C)CCCCC(C)(C)C. The molecule has 0 aliphatic heterocycles. The molecule has 0 aliphatic carbocycles. The van der Waals surface area contributed by atoms with Crippen molar-refractivity contribution in [1.29, 1.82) is 0 Å². The summed E-state index contributed by atoms with van der Waals surface area (Å²) in [7, 11) is 0. The minimum atomic E-state index is 0.509. The second-order valence-corrected chi connectivity index (χ2v) is 8.13. The van der Waals surface area contributed by atoms with Crippen molar-refractivity contribution < 1.29 is 0 Å². The summed E-state index contributed by atoms with van der Waals surface area (Å²) in [5.74, 6) is 0.845. The maximum absolute atomic E-state index is 3.90. The molecular formula is C21H42. The molecule has 0 heteroatoms. The summed E-state index contributed by atoms with van der Waals surface area (Å²) in [5.41, 5.74) is 3.15. The maximum atomic E-state index is 3.90. The zero-order valence-electron chi connectivity index (χ0n) is 16.1. The lowest BCUT2D eigenvalue weighted by Crippen LogP contribution is -2.03. The van der Waals surface area contributed by atoms with Crippen LogP contribution in [0.25, 0.3) is 0 Å². The standard InChI is InChI=1S/C11H22.C10H20/c1-10(2)8-6-7-9-11(3,4)5;1-5-6-7-10(4)8-9(2)3/h1,6-9H2,2-5H3;10H,2,5-8H2,1,3-4H3. The Balaban J connectivity index is 0. The lowest BCUT2D eigenvalue weighted by Gasteiger charge is -2.17. The molecule has 0 saturated heterocycles. The number of allylic oxidation sites excluding steroid dienone is 2. The third-order valence-electron chi connectivity index (χ3n) is 3.53. The minimum absolute atomic E-state index is 0.509. The van der Waals surface area contributed by atoms with Gasteiger partial charge in [-0.15, -0.1) is 13.2 Å². The number of rotatable bonds is 9. The third kappa shape index (κ3) is 24.8. The molecule has 0 aromatic rings. The molecule has 0 aliphatic rings. The predicted molar refractivity (Wildman–Crippen MR) is 101 cm³/mol. The first kappa shape index (κ1) is 22.8. The first-order valence-corrected chi connectivity index (χ1v) is 8.87. The Morgan fingerprint density at radius 3 is 1.90 bits per heavy atom. The van der Waals surface area contributed by atoms with Crippen LogP contribution in [0.5, 0.6) is 0 Å². The zero-order chi connectivity index (χ0) is 16.9. The van der Waals surface area contributed by atoms with E-state index in [1.165, 1.54) is 62.5 Å². The van der Waals surface area contributed by atoms with Crippen LogP contribution in [0.1, 0.15) is 99.8 Å². The highest BCUT2D eigenvalue weighted by molar-refractivity contribution is 4.89. The minimum Gasteiger partial charge on any atom is -0.100 e. The Labute approximate surface area is 136 Å². The molecule has 126 valence electrons. The highest BCUT2D eigenvalue weighted by Gasteiger charge is 2.08. The zero-order valence-corrected chi connectivity index (χ0v) is 16.1. The van der Waals surface area contributed by atoms with E-state index >= 15 is 0 Å². The summed E-state index contributed by atoms with van der Waals surface area (Å²) < 4.78 is 0. The van der Waals surface area contributed by atoms with E-state index in [1.807, 2.05) is 0 Å². The van der Waals surface area contributed by atoms with Gasteiger partial charge in [-0.2, -0.15) is 0 Å². The molecule has 0 fully saturated rings. The monoisotopic (exact) mass is 294 g/mol. The quantitative estimate of drug-likeness (QED) is 0.299. The second kappa shape index (κ2) is 13.2. The van der Waals surface area contributed by atoms with E-state index in [2.05, 4.69) is 61.6 Å². The average molecular weight is 295 g/mol. The van der Waals surface area contributed by atoms with E-state index in [1.54, 1.807) is 0 Å². The van der Waals surface area contributed by atoms with Crippen LogP contribution < -0.4 is 0 Å². The van der Waals surface area contributed by atoms with Gasteiger partial charge in [0.1, 0.15) is 0 Å². The van der Waals surface area contributed by atoms with Crippen LogP contribution in [0.15, 0.2) is 24.3 Å². The van der Waals surface area contributed by atoms with Crippen LogP contribution in [0.3, 0.4) is 0 Å². The van der Waals surface area contributed by atoms with Crippen LogP contribution in [0, 0.1) is 11.3 Å². The first-order valence-electron chi connectivity index (χ1n) is 8.87. The molecule has 0 aromatic heterocycles. The smallest absolute Gasteiger partial charge is 0.0300 e. The lowest BCUT2D eigenvalue weighted by atomic mass is 9.89. The number of hydrogen-bond donors (Lipinski definition) is 0. The van der Waals surface area contributed by atoms with Gasteiger partial charge >= 0.3 is 0 Å². The Hall–Kier alpha value is -0.520. The fourth-order valence-corrected chi connectivity index (χ4v) is 2.33. The van der Waals surface area contributed by atoms with Gasteiger partial charge in [-0.3, -0.25) is 0 Å². The van der Waals surface area contributed by atoms with Crippen molar-refractivity contribution in [3.63, 3.8) is 0 Å². The predicted octanol–water partition coefficient (Wildman–Crippen LogP) is 7.95. The van der Waals surface area contributed by atoms with Gasteiger partial charge in [-0.25, -0.2) is 0 Å². The summed E-state index contributed by atoms with van der Waals surface area (Å²) in [6, 6.07) is 0. The molecule has 0 amide bonds. The van der Waals surface area contributed by atoms with Crippen molar-refractivity contribution in [2.45, 2.75) is 99.8 Å². The van der Waals surface area contributed by atoms with E-state index < -0.39 is 0 Å². The molecule has 1 unspecified atom stereocenters. The van der Waals surface area contributed by atoms with Gasteiger partial charge in [0.2, 0.25) is 0 Å². The number of hydrogen-bond acceptors (Lipinski definition) is 0. The van der Waals surface area contributed by atoms with E-state index in [4.69, 9.17) is 0 Å². The van der Waals surface area contributed by atoms with Crippen molar-refractivity contribution in [3.05, 3.63) is 24.3 Å². The van der Waals surface area contributed by atoms with E-state index in [0.29, 0.717) is 5.41 Å². The third-order valence-corrected chi connectivity index (χ3v) is 3.53. The highest BCUT2D eigenvalue weighted by Crippen LogP contribution is 2.22. The first-order chi connectivity index (χ1) is 9.58. The molecule has 0 heterocycles. The molecule has 1 atom stereocenters. The van der Waals surface area contributed by atoms with Crippen LogP contribution in [0.4, 0.5) is 0 Å². The van der Waals surface area contributed by atoms with Gasteiger partial charge in [-0.05, 0) is 50.9 Å². The summed E-state index contributed by atoms with van der Waals surface area (Å²) in [5, 5.41) is 0. The molecule has 0 bridgehead atoms. The van der Waals surface area contributed by atoms with Gasteiger partial charge in [0.25, 0.3) is 0 Å². The molecular weight excluding hydrogens is 252 g/mol. The van der Waals surface area contributed by atoms with Crippen molar-refractivity contribution in [2.75, 3.05) is 0 Å². The molecule has 0 aromatic carbocycles.